The molecule has 3 heteroatoms. The summed E-state index contributed by atoms with van der Waals surface area (Å²) < 4.78 is 5.76. The van der Waals surface area contributed by atoms with Crippen LogP contribution in [0, 0.1) is 6.92 Å². The summed E-state index contributed by atoms with van der Waals surface area (Å²) in [5.74, 6) is 0.907. The summed E-state index contributed by atoms with van der Waals surface area (Å²) in [6, 6.07) is 3.89. The van der Waals surface area contributed by atoms with E-state index in [0.29, 0.717) is 0 Å². The summed E-state index contributed by atoms with van der Waals surface area (Å²) in [5.41, 5.74) is 1.24. The van der Waals surface area contributed by atoms with Gasteiger partial charge >= 0.3 is 0 Å². The molecule has 1 aromatic rings. The first-order valence-corrected chi connectivity index (χ1v) is 5.99. The Morgan fingerprint density at radius 2 is 2.44 bits per heavy atom. The second kappa shape index (κ2) is 4.83. The van der Waals surface area contributed by atoms with Crippen molar-refractivity contribution in [3.63, 3.8) is 0 Å². The summed E-state index contributed by atoms with van der Waals surface area (Å²) >= 11 is 0. The Balaban J connectivity index is 1.82. The van der Waals surface area contributed by atoms with Crippen LogP contribution in [-0.2, 0) is 0 Å². The van der Waals surface area contributed by atoms with Crippen LogP contribution in [0.3, 0.4) is 0 Å². The van der Waals surface area contributed by atoms with Crippen molar-refractivity contribution in [1.82, 2.24) is 10.3 Å². The van der Waals surface area contributed by atoms with E-state index in [0.717, 1.165) is 31.0 Å². The monoisotopic (exact) mass is 220 g/mol. The van der Waals surface area contributed by atoms with Gasteiger partial charge in [0.05, 0.1) is 12.3 Å². The summed E-state index contributed by atoms with van der Waals surface area (Å²) in [6.07, 6.45) is 5.38. The zero-order valence-electron chi connectivity index (χ0n) is 10.1. The maximum Gasteiger partial charge on any atom is 0.140 e. The lowest BCUT2D eigenvalue weighted by atomic mass is 9.97. The summed E-state index contributed by atoms with van der Waals surface area (Å²) in [7, 11) is 0. The number of pyridine rings is 1. The van der Waals surface area contributed by atoms with Crippen LogP contribution in [-0.4, -0.2) is 23.7 Å². The molecule has 16 heavy (non-hydrogen) atoms. The normalized spacial score (nSPS) is 24.6. The molecule has 0 aliphatic carbocycles. The van der Waals surface area contributed by atoms with Crippen LogP contribution in [0.1, 0.15) is 31.9 Å². The fourth-order valence-electron chi connectivity index (χ4n) is 2.18. The first-order chi connectivity index (χ1) is 7.70. The first kappa shape index (κ1) is 11.4. The lowest BCUT2D eigenvalue weighted by Gasteiger charge is -2.24. The van der Waals surface area contributed by atoms with Crippen molar-refractivity contribution in [2.45, 2.75) is 38.6 Å². The van der Waals surface area contributed by atoms with Gasteiger partial charge in [0, 0.05) is 11.7 Å². The molecule has 0 aromatic carbocycles. The zero-order chi connectivity index (χ0) is 11.4. The van der Waals surface area contributed by atoms with E-state index in [1.807, 2.05) is 19.1 Å². The van der Waals surface area contributed by atoms with Crippen molar-refractivity contribution < 1.29 is 4.74 Å². The third-order valence-electron chi connectivity index (χ3n) is 3.33. The van der Waals surface area contributed by atoms with E-state index in [1.54, 1.807) is 6.20 Å². The smallest absolute Gasteiger partial charge is 0.140 e. The molecule has 0 radical (unpaired) electrons. The SMILES string of the molecule is Cc1ncccc1OCC[C@@]1(C)CCCN1. The maximum absolute atomic E-state index is 5.76. The van der Waals surface area contributed by atoms with Gasteiger partial charge in [-0.15, -0.1) is 0 Å². The van der Waals surface area contributed by atoms with Gasteiger partial charge in [-0.05, 0) is 51.8 Å². The number of hydrogen-bond donors (Lipinski definition) is 1. The molecule has 1 aliphatic rings. The topological polar surface area (TPSA) is 34.1 Å². The number of hydrogen-bond acceptors (Lipinski definition) is 3. The molecule has 0 amide bonds. The van der Waals surface area contributed by atoms with Crippen molar-refractivity contribution in [3.05, 3.63) is 24.0 Å². The average Bonchev–Trinajstić information content (AvgIpc) is 2.68. The van der Waals surface area contributed by atoms with E-state index in [9.17, 15) is 0 Å². The largest absolute Gasteiger partial charge is 0.492 e. The number of nitrogens with zero attached hydrogens (tertiary/aromatic N) is 1. The molecule has 2 rings (SSSR count). The fourth-order valence-corrected chi connectivity index (χ4v) is 2.18. The van der Waals surface area contributed by atoms with E-state index in [-0.39, 0.29) is 5.54 Å². The van der Waals surface area contributed by atoms with Crippen molar-refractivity contribution in [2.75, 3.05) is 13.2 Å². The van der Waals surface area contributed by atoms with Crippen LogP contribution in [0.4, 0.5) is 0 Å². The highest BCUT2D eigenvalue weighted by Crippen LogP contribution is 2.23. The Bertz CT molecular complexity index is 346. The van der Waals surface area contributed by atoms with Gasteiger partial charge in [0.15, 0.2) is 0 Å². The quantitative estimate of drug-likeness (QED) is 0.845. The highest BCUT2D eigenvalue weighted by Gasteiger charge is 2.27. The molecule has 88 valence electrons. The van der Waals surface area contributed by atoms with Crippen LogP contribution in [0.25, 0.3) is 0 Å². The Labute approximate surface area is 97.2 Å². The molecule has 2 heterocycles. The average molecular weight is 220 g/mol. The second-order valence-corrected chi connectivity index (χ2v) is 4.78. The van der Waals surface area contributed by atoms with Gasteiger partial charge in [-0.25, -0.2) is 0 Å². The second-order valence-electron chi connectivity index (χ2n) is 4.78. The van der Waals surface area contributed by atoms with E-state index in [1.165, 1.54) is 12.8 Å². The van der Waals surface area contributed by atoms with E-state index in [4.69, 9.17) is 4.74 Å². The molecule has 1 aliphatic heterocycles. The predicted molar refractivity (Wildman–Crippen MR) is 64.7 cm³/mol. The van der Waals surface area contributed by atoms with Gasteiger partial charge in [0.25, 0.3) is 0 Å². The molecule has 3 nitrogen and oxygen atoms in total. The minimum atomic E-state index is 0.274. The molecule has 0 saturated carbocycles. The zero-order valence-corrected chi connectivity index (χ0v) is 10.1. The van der Waals surface area contributed by atoms with Crippen molar-refractivity contribution in [3.8, 4) is 5.75 Å². The Morgan fingerprint density at radius 1 is 1.56 bits per heavy atom. The van der Waals surface area contributed by atoms with Gasteiger partial charge < -0.3 is 10.1 Å². The molecule has 1 N–H and O–H groups in total. The van der Waals surface area contributed by atoms with Crippen LogP contribution in [0.2, 0.25) is 0 Å². The summed E-state index contributed by atoms with van der Waals surface area (Å²) in [6.45, 7) is 6.16. The van der Waals surface area contributed by atoms with Crippen molar-refractivity contribution >= 4 is 0 Å². The minimum absolute atomic E-state index is 0.274. The molecular formula is C13H20N2O. The molecular weight excluding hydrogens is 200 g/mol. The number of rotatable bonds is 4. The summed E-state index contributed by atoms with van der Waals surface area (Å²) in [4.78, 5) is 4.21. The fraction of sp³-hybridized carbons (Fsp3) is 0.615. The molecule has 1 atom stereocenters. The Kier molecular flexibility index (Phi) is 3.44. The highest BCUT2D eigenvalue weighted by molar-refractivity contribution is 5.25. The van der Waals surface area contributed by atoms with Crippen LogP contribution >= 0.6 is 0 Å². The minimum Gasteiger partial charge on any atom is -0.492 e. The van der Waals surface area contributed by atoms with Gasteiger partial charge in [0.2, 0.25) is 0 Å². The Hall–Kier alpha value is -1.09. The van der Waals surface area contributed by atoms with Gasteiger partial charge in [-0.3, -0.25) is 4.98 Å². The molecule has 1 saturated heterocycles. The van der Waals surface area contributed by atoms with Crippen molar-refractivity contribution in [1.29, 1.82) is 0 Å². The van der Waals surface area contributed by atoms with Crippen molar-refractivity contribution in [2.24, 2.45) is 0 Å². The molecule has 0 unspecified atom stereocenters. The molecule has 1 aromatic heterocycles. The van der Waals surface area contributed by atoms with E-state index >= 15 is 0 Å². The van der Waals surface area contributed by atoms with E-state index in [2.05, 4.69) is 17.2 Å². The maximum atomic E-state index is 5.76. The number of aromatic nitrogens is 1. The molecule has 1 fully saturated rings. The van der Waals surface area contributed by atoms with Gasteiger partial charge in [0.1, 0.15) is 5.75 Å². The number of ether oxygens (including phenoxy) is 1. The third kappa shape index (κ3) is 2.73. The Morgan fingerprint density at radius 3 is 3.12 bits per heavy atom. The van der Waals surface area contributed by atoms with Crippen LogP contribution < -0.4 is 10.1 Å². The molecule has 0 bridgehead atoms. The number of aryl methyl sites for hydroxylation is 1. The van der Waals surface area contributed by atoms with Crippen LogP contribution in [0.15, 0.2) is 18.3 Å². The third-order valence-corrected chi connectivity index (χ3v) is 3.33. The predicted octanol–water partition coefficient (Wildman–Crippen LogP) is 2.30. The van der Waals surface area contributed by atoms with E-state index < -0.39 is 0 Å². The molecule has 0 spiro atoms. The highest BCUT2D eigenvalue weighted by atomic mass is 16.5. The lowest BCUT2D eigenvalue weighted by Crippen LogP contribution is -2.37. The first-order valence-electron chi connectivity index (χ1n) is 5.99. The lowest BCUT2D eigenvalue weighted by molar-refractivity contribution is 0.250. The van der Waals surface area contributed by atoms with Gasteiger partial charge in [-0.1, -0.05) is 0 Å². The standard InChI is InChI=1S/C13H20N2O/c1-11-12(5-3-8-14-11)16-10-7-13(2)6-4-9-15-13/h3,5,8,15H,4,6-7,9-10H2,1-2H3/t13-/m1/s1. The van der Waals surface area contributed by atoms with Gasteiger partial charge in [-0.2, -0.15) is 0 Å². The van der Waals surface area contributed by atoms with Crippen LogP contribution in [0.5, 0.6) is 5.75 Å². The number of nitrogens with one attached hydrogen (secondary N) is 1. The summed E-state index contributed by atoms with van der Waals surface area (Å²) in [5, 5.41) is 3.54.